The maximum absolute atomic E-state index is 5.61. The van der Waals surface area contributed by atoms with E-state index in [-0.39, 0.29) is 0 Å². The molecular weight excluding hydrogens is 342 g/mol. The molecule has 0 amide bonds. The third-order valence-electron chi connectivity index (χ3n) is 6.17. The maximum atomic E-state index is 5.61. The number of likely N-dealkylation sites (tertiary alicyclic amines) is 2. The largest absolute Gasteiger partial charge is 0.384 e. The fourth-order valence-electron chi connectivity index (χ4n) is 4.76. The van der Waals surface area contributed by atoms with E-state index < -0.39 is 0 Å². The third kappa shape index (κ3) is 4.01. The first kappa shape index (κ1) is 18.1. The van der Waals surface area contributed by atoms with Gasteiger partial charge in [0.15, 0.2) is 0 Å². The van der Waals surface area contributed by atoms with Gasteiger partial charge in [0.25, 0.3) is 0 Å². The molecule has 2 aliphatic heterocycles. The second-order valence-corrected chi connectivity index (χ2v) is 8.89. The summed E-state index contributed by atoms with van der Waals surface area (Å²) in [5, 5.41) is 2.18. The topological polar surface area (TPSA) is 28.6 Å². The number of ether oxygens (including phenoxy) is 1. The smallest absolute Gasteiger partial charge is 0.0543 e. The first-order valence-corrected chi connectivity index (χ1v) is 10.5. The molecule has 4 rings (SSSR count). The van der Waals surface area contributed by atoms with Gasteiger partial charge in [-0.25, -0.2) is 0 Å². The molecule has 2 aromatic heterocycles. The molecule has 0 aliphatic carbocycles. The summed E-state index contributed by atoms with van der Waals surface area (Å²) in [4.78, 5) is 11.2. The molecule has 0 aromatic carbocycles. The molecule has 0 bridgehead atoms. The van der Waals surface area contributed by atoms with E-state index >= 15 is 0 Å². The Morgan fingerprint density at radius 3 is 2.73 bits per heavy atom. The van der Waals surface area contributed by atoms with Crippen LogP contribution in [0.2, 0.25) is 0 Å². The zero-order valence-corrected chi connectivity index (χ0v) is 16.5. The van der Waals surface area contributed by atoms with Crippen LogP contribution in [0.1, 0.15) is 23.4 Å². The summed E-state index contributed by atoms with van der Waals surface area (Å²) in [6, 6.07) is 10.6. The molecule has 2 aliphatic rings. The van der Waals surface area contributed by atoms with Gasteiger partial charge in [-0.3, -0.25) is 14.8 Å². The number of methoxy groups -OCH3 is 1. The van der Waals surface area contributed by atoms with E-state index in [1.165, 1.54) is 49.6 Å². The molecule has 4 nitrogen and oxygen atoms in total. The summed E-state index contributed by atoms with van der Waals surface area (Å²) in [6.07, 6.45) is 4.44. The lowest BCUT2D eigenvalue weighted by Gasteiger charge is -2.42. The van der Waals surface area contributed by atoms with Gasteiger partial charge >= 0.3 is 0 Å². The molecule has 5 heteroatoms. The second-order valence-electron chi connectivity index (χ2n) is 7.86. The van der Waals surface area contributed by atoms with Gasteiger partial charge in [-0.2, -0.15) is 0 Å². The minimum absolute atomic E-state index is 0.424. The average molecular weight is 372 g/mol. The van der Waals surface area contributed by atoms with Crippen molar-refractivity contribution >= 4 is 11.3 Å². The predicted octanol–water partition coefficient (Wildman–Crippen LogP) is 3.50. The summed E-state index contributed by atoms with van der Waals surface area (Å²) in [7, 11) is 1.85. The molecule has 0 radical (unpaired) electrons. The highest BCUT2D eigenvalue weighted by atomic mass is 32.1. The quantitative estimate of drug-likeness (QED) is 0.777. The van der Waals surface area contributed by atoms with Crippen LogP contribution in [-0.4, -0.2) is 54.7 Å². The van der Waals surface area contributed by atoms with Crippen molar-refractivity contribution in [3.8, 4) is 0 Å². The van der Waals surface area contributed by atoms with Gasteiger partial charge in [0.05, 0.1) is 12.3 Å². The van der Waals surface area contributed by atoms with Crippen LogP contribution in [0.3, 0.4) is 0 Å². The minimum Gasteiger partial charge on any atom is -0.384 e. The lowest BCUT2D eigenvalue weighted by molar-refractivity contribution is 0.0347. The predicted molar refractivity (Wildman–Crippen MR) is 106 cm³/mol. The Hall–Kier alpha value is -1.27. The Balaban J connectivity index is 1.38. The third-order valence-corrected chi connectivity index (χ3v) is 7.04. The molecule has 0 unspecified atom stereocenters. The summed E-state index contributed by atoms with van der Waals surface area (Å²) in [5.41, 5.74) is 1.61. The zero-order valence-electron chi connectivity index (χ0n) is 15.6. The highest BCUT2D eigenvalue weighted by Gasteiger charge is 2.47. The van der Waals surface area contributed by atoms with Crippen LogP contribution in [0.5, 0.6) is 0 Å². The first-order chi connectivity index (χ1) is 12.8. The lowest BCUT2D eigenvalue weighted by atomic mass is 9.71. The molecule has 1 atom stereocenters. The normalized spacial score (nSPS) is 23.7. The SMILES string of the molecule is COC[C@@H]1CN(Cc2cccs2)CC12CCN(Cc1ccccn1)CC2. The van der Waals surface area contributed by atoms with E-state index in [9.17, 15) is 0 Å². The molecule has 1 spiro atoms. The fraction of sp³-hybridized carbons (Fsp3) is 0.571. The van der Waals surface area contributed by atoms with Crippen LogP contribution in [0.15, 0.2) is 41.9 Å². The van der Waals surface area contributed by atoms with E-state index in [2.05, 4.69) is 44.4 Å². The molecule has 26 heavy (non-hydrogen) atoms. The Morgan fingerprint density at radius 2 is 2.04 bits per heavy atom. The van der Waals surface area contributed by atoms with Crippen LogP contribution in [0.4, 0.5) is 0 Å². The van der Waals surface area contributed by atoms with E-state index in [0.717, 1.165) is 19.7 Å². The van der Waals surface area contributed by atoms with Crippen molar-refractivity contribution in [2.24, 2.45) is 11.3 Å². The van der Waals surface area contributed by atoms with Crippen molar-refractivity contribution in [1.29, 1.82) is 0 Å². The monoisotopic (exact) mass is 371 g/mol. The molecule has 0 saturated carbocycles. The maximum Gasteiger partial charge on any atom is 0.0543 e. The summed E-state index contributed by atoms with van der Waals surface area (Å²) in [5.74, 6) is 0.657. The van der Waals surface area contributed by atoms with Gasteiger partial charge < -0.3 is 4.74 Å². The number of thiophene rings is 1. The Bertz CT molecular complexity index is 668. The zero-order chi connectivity index (χ0) is 17.8. The summed E-state index contributed by atoms with van der Waals surface area (Å²) >= 11 is 1.87. The van der Waals surface area contributed by atoms with Gasteiger partial charge in [-0.05, 0) is 54.9 Å². The van der Waals surface area contributed by atoms with Crippen LogP contribution in [-0.2, 0) is 17.8 Å². The van der Waals surface area contributed by atoms with Crippen LogP contribution in [0, 0.1) is 11.3 Å². The number of rotatable bonds is 6. The number of nitrogens with zero attached hydrogens (tertiary/aromatic N) is 3. The average Bonchev–Trinajstić information content (AvgIpc) is 3.28. The lowest BCUT2D eigenvalue weighted by Crippen LogP contribution is -2.45. The fourth-order valence-corrected chi connectivity index (χ4v) is 5.51. The highest BCUT2D eigenvalue weighted by Crippen LogP contribution is 2.45. The van der Waals surface area contributed by atoms with E-state index in [4.69, 9.17) is 4.74 Å². The van der Waals surface area contributed by atoms with Crippen molar-refractivity contribution < 1.29 is 4.74 Å². The Kier molecular flexibility index (Phi) is 5.69. The Morgan fingerprint density at radius 1 is 1.15 bits per heavy atom. The number of pyridine rings is 1. The second kappa shape index (κ2) is 8.17. The molecular formula is C21H29N3OS. The summed E-state index contributed by atoms with van der Waals surface area (Å²) in [6.45, 7) is 7.69. The van der Waals surface area contributed by atoms with Gasteiger partial charge in [-0.1, -0.05) is 12.1 Å². The van der Waals surface area contributed by atoms with Gasteiger partial charge in [0.2, 0.25) is 0 Å². The van der Waals surface area contributed by atoms with Gasteiger partial charge in [0, 0.05) is 50.3 Å². The number of hydrogen-bond donors (Lipinski definition) is 0. The molecule has 140 valence electrons. The number of hydrogen-bond acceptors (Lipinski definition) is 5. The van der Waals surface area contributed by atoms with Gasteiger partial charge in [-0.15, -0.1) is 11.3 Å². The minimum atomic E-state index is 0.424. The number of piperidine rings is 1. The van der Waals surface area contributed by atoms with Crippen molar-refractivity contribution in [1.82, 2.24) is 14.8 Å². The first-order valence-electron chi connectivity index (χ1n) is 9.63. The molecule has 2 fully saturated rings. The molecule has 4 heterocycles. The van der Waals surface area contributed by atoms with E-state index in [0.29, 0.717) is 11.3 Å². The molecule has 0 N–H and O–H groups in total. The molecule has 2 aromatic rings. The van der Waals surface area contributed by atoms with Crippen LogP contribution in [0.25, 0.3) is 0 Å². The van der Waals surface area contributed by atoms with Crippen LogP contribution >= 0.6 is 11.3 Å². The Labute approximate surface area is 160 Å². The molecule has 2 saturated heterocycles. The van der Waals surface area contributed by atoms with Gasteiger partial charge in [0.1, 0.15) is 0 Å². The van der Waals surface area contributed by atoms with Crippen LogP contribution < -0.4 is 0 Å². The van der Waals surface area contributed by atoms with Crippen molar-refractivity contribution in [3.63, 3.8) is 0 Å². The summed E-state index contributed by atoms with van der Waals surface area (Å²) < 4.78 is 5.61. The van der Waals surface area contributed by atoms with E-state index in [1.807, 2.05) is 30.7 Å². The highest BCUT2D eigenvalue weighted by molar-refractivity contribution is 7.09. The number of aromatic nitrogens is 1. The standard InChI is InChI=1S/C21H29N3OS/c1-25-16-18-13-24(15-20-6-4-12-26-20)17-21(18)7-10-23(11-8-21)14-19-5-2-3-9-22-19/h2-6,9,12,18H,7-8,10-11,13-17H2,1H3/t18-/m0/s1. The van der Waals surface area contributed by atoms with Crippen molar-refractivity contribution in [2.75, 3.05) is 39.9 Å². The van der Waals surface area contributed by atoms with Crippen molar-refractivity contribution in [2.45, 2.75) is 25.9 Å². The van der Waals surface area contributed by atoms with Crippen molar-refractivity contribution in [3.05, 3.63) is 52.5 Å². The van der Waals surface area contributed by atoms with E-state index in [1.54, 1.807) is 0 Å².